The summed E-state index contributed by atoms with van der Waals surface area (Å²) in [5.74, 6) is -0.890. The van der Waals surface area contributed by atoms with Crippen LogP contribution in [0.4, 0.5) is 4.79 Å². The van der Waals surface area contributed by atoms with Gasteiger partial charge < -0.3 is 25.4 Å². The Hall–Kier alpha value is -2.77. The van der Waals surface area contributed by atoms with Crippen LogP contribution in [0.1, 0.15) is 79.0 Å². The van der Waals surface area contributed by atoms with E-state index in [2.05, 4.69) is 10.6 Å². The van der Waals surface area contributed by atoms with Crippen molar-refractivity contribution in [2.45, 2.75) is 98.5 Å². The zero-order valence-corrected chi connectivity index (χ0v) is 20.8. The van der Waals surface area contributed by atoms with E-state index >= 15 is 0 Å². The summed E-state index contributed by atoms with van der Waals surface area (Å²) in [5.41, 5.74) is 0.221. The van der Waals surface area contributed by atoms with Crippen LogP contribution in [0, 0.1) is 6.92 Å². The largest absolute Gasteiger partial charge is 0.507 e. The lowest BCUT2D eigenvalue weighted by Gasteiger charge is -2.38. The first-order valence-electron chi connectivity index (χ1n) is 11.1. The van der Waals surface area contributed by atoms with Crippen molar-refractivity contribution in [3.63, 3.8) is 0 Å². The standard InChI is InChI=1S/C24H39N3O5/c1-10-16(5)27(22(30)17(6)26-23(31)32-24(7,8)9)19(21(29)25-14(2)3)18-13-11-12-15(4)20(18)28/h11-14,16-17,19,28H,10H2,1-9H3,(H,25,29)(H,26,31). The summed E-state index contributed by atoms with van der Waals surface area (Å²) in [6.07, 6.45) is -0.146. The Labute approximate surface area is 191 Å². The number of hydrogen-bond acceptors (Lipinski definition) is 5. The molecule has 8 heteroatoms. The number of para-hydroxylation sites is 1. The fourth-order valence-corrected chi connectivity index (χ4v) is 3.25. The van der Waals surface area contributed by atoms with E-state index in [-0.39, 0.29) is 17.8 Å². The fraction of sp³-hybridized carbons (Fsp3) is 0.625. The molecule has 3 amide bonds. The van der Waals surface area contributed by atoms with Crippen LogP contribution in [0.5, 0.6) is 5.75 Å². The number of nitrogens with zero attached hydrogens (tertiary/aromatic N) is 1. The number of phenolic OH excluding ortho intramolecular Hbond substituents is 1. The Morgan fingerprint density at radius 2 is 1.69 bits per heavy atom. The number of nitrogens with one attached hydrogen (secondary N) is 2. The highest BCUT2D eigenvalue weighted by Gasteiger charge is 2.38. The Kier molecular flexibility index (Phi) is 9.54. The normalized spacial score (nSPS) is 14.3. The van der Waals surface area contributed by atoms with Crippen molar-refractivity contribution in [3.05, 3.63) is 29.3 Å². The highest BCUT2D eigenvalue weighted by molar-refractivity contribution is 5.92. The number of carbonyl (C=O) groups is 3. The van der Waals surface area contributed by atoms with Crippen molar-refractivity contribution in [2.24, 2.45) is 0 Å². The van der Waals surface area contributed by atoms with Crippen LogP contribution in [0.15, 0.2) is 18.2 Å². The molecule has 3 atom stereocenters. The number of alkyl carbamates (subject to hydrolysis) is 1. The average Bonchev–Trinajstić information content (AvgIpc) is 2.65. The molecule has 0 radical (unpaired) electrons. The molecule has 0 aromatic heterocycles. The lowest BCUT2D eigenvalue weighted by atomic mass is 9.97. The van der Waals surface area contributed by atoms with Crippen LogP contribution in [0.2, 0.25) is 0 Å². The molecule has 1 aromatic rings. The van der Waals surface area contributed by atoms with Crippen molar-refractivity contribution in [1.29, 1.82) is 0 Å². The summed E-state index contributed by atoms with van der Waals surface area (Å²) in [4.78, 5) is 40.5. The number of ether oxygens (including phenoxy) is 1. The van der Waals surface area contributed by atoms with Gasteiger partial charge in [0.05, 0.1) is 0 Å². The van der Waals surface area contributed by atoms with Crippen LogP contribution in [0.25, 0.3) is 0 Å². The molecule has 0 aliphatic rings. The second kappa shape index (κ2) is 11.2. The molecule has 0 spiro atoms. The third kappa shape index (κ3) is 7.43. The van der Waals surface area contributed by atoms with Gasteiger partial charge in [-0.05, 0) is 67.4 Å². The van der Waals surface area contributed by atoms with Gasteiger partial charge in [-0.15, -0.1) is 0 Å². The number of aryl methyl sites for hydroxylation is 1. The summed E-state index contributed by atoms with van der Waals surface area (Å²) in [5, 5.41) is 16.2. The van der Waals surface area contributed by atoms with Crippen LogP contribution in [0.3, 0.4) is 0 Å². The van der Waals surface area contributed by atoms with E-state index in [1.165, 1.54) is 4.90 Å². The Balaban J connectivity index is 3.43. The second-order valence-corrected chi connectivity index (χ2v) is 9.45. The van der Waals surface area contributed by atoms with Gasteiger partial charge in [-0.1, -0.05) is 25.1 Å². The monoisotopic (exact) mass is 449 g/mol. The lowest BCUT2D eigenvalue weighted by molar-refractivity contribution is -0.145. The molecule has 1 rings (SSSR count). The van der Waals surface area contributed by atoms with Gasteiger partial charge >= 0.3 is 6.09 Å². The third-order valence-corrected chi connectivity index (χ3v) is 4.94. The summed E-state index contributed by atoms with van der Waals surface area (Å²) >= 11 is 0. The molecule has 0 heterocycles. The van der Waals surface area contributed by atoms with Crippen LogP contribution < -0.4 is 10.6 Å². The minimum Gasteiger partial charge on any atom is -0.507 e. The van der Waals surface area contributed by atoms with Crippen molar-refractivity contribution >= 4 is 17.9 Å². The first-order chi connectivity index (χ1) is 14.7. The molecule has 32 heavy (non-hydrogen) atoms. The molecule has 8 nitrogen and oxygen atoms in total. The molecule has 180 valence electrons. The van der Waals surface area contributed by atoms with E-state index in [0.717, 1.165) is 0 Å². The van der Waals surface area contributed by atoms with Crippen molar-refractivity contribution in [3.8, 4) is 5.75 Å². The first-order valence-corrected chi connectivity index (χ1v) is 11.1. The molecule has 1 aromatic carbocycles. The Bertz CT molecular complexity index is 816. The molecule has 0 fully saturated rings. The number of benzene rings is 1. The summed E-state index contributed by atoms with van der Waals surface area (Å²) < 4.78 is 5.27. The van der Waals surface area contributed by atoms with Gasteiger partial charge in [-0.25, -0.2) is 4.79 Å². The maximum absolute atomic E-state index is 13.5. The molecule has 0 saturated heterocycles. The number of aromatic hydroxyl groups is 1. The van der Waals surface area contributed by atoms with E-state index in [9.17, 15) is 19.5 Å². The van der Waals surface area contributed by atoms with Crippen molar-refractivity contribution in [2.75, 3.05) is 0 Å². The first kappa shape index (κ1) is 27.3. The van der Waals surface area contributed by atoms with Gasteiger partial charge in [-0.3, -0.25) is 9.59 Å². The second-order valence-electron chi connectivity index (χ2n) is 9.45. The maximum Gasteiger partial charge on any atom is 0.408 e. The fourth-order valence-electron chi connectivity index (χ4n) is 3.25. The zero-order valence-electron chi connectivity index (χ0n) is 20.8. The molecule has 0 aliphatic heterocycles. The van der Waals surface area contributed by atoms with Crippen LogP contribution >= 0.6 is 0 Å². The zero-order chi connectivity index (χ0) is 24.8. The number of amides is 3. The van der Waals surface area contributed by atoms with E-state index in [0.29, 0.717) is 17.5 Å². The molecule has 3 N–H and O–H groups in total. The highest BCUT2D eigenvalue weighted by atomic mass is 16.6. The minimum absolute atomic E-state index is 0.0368. The predicted molar refractivity (Wildman–Crippen MR) is 124 cm³/mol. The van der Waals surface area contributed by atoms with Gasteiger partial charge in [0.15, 0.2) is 0 Å². The summed E-state index contributed by atoms with van der Waals surface area (Å²) in [6.45, 7) is 15.9. The summed E-state index contributed by atoms with van der Waals surface area (Å²) in [6, 6.07) is 2.60. The SMILES string of the molecule is CCC(C)N(C(=O)C(C)NC(=O)OC(C)(C)C)C(C(=O)NC(C)C)c1cccc(C)c1O. The van der Waals surface area contributed by atoms with Crippen LogP contribution in [-0.4, -0.2) is 51.6 Å². The van der Waals surface area contributed by atoms with E-state index in [1.54, 1.807) is 52.8 Å². The van der Waals surface area contributed by atoms with E-state index < -0.39 is 35.6 Å². The average molecular weight is 450 g/mol. The van der Waals surface area contributed by atoms with E-state index in [1.807, 2.05) is 27.7 Å². The molecule has 0 bridgehead atoms. The van der Waals surface area contributed by atoms with Gasteiger partial charge in [-0.2, -0.15) is 0 Å². The van der Waals surface area contributed by atoms with Crippen molar-refractivity contribution in [1.82, 2.24) is 15.5 Å². The number of carbonyl (C=O) groups excluding carboxylic acids is 3. The van der Waals surface area contributed by atoms with Gasteiger partial charge in [0, 0.05) is 17.6 Å². The molecule has 0 aliphatic carbocycles. The van der Waals surface area contributed by atoms with Crippen molar-refractivity contribution < 1.29 is 24.2 Å². The van der Waals surface area contributed by atoms with Gasteiger partial charge in [0.25, 0.3) is 0 Å². The third-order valence-electron chi connectivity index (χ3n) is 4.94. The number of rotatable bonds is 8. The smallest absolute Gasteiger partial charge is 0.408 e. The minimum atomic E-state index is -1.07. The Morgan fingerprint density at radius 1 is 1.09 bits per heavy atom. The lowest BCUT2D eigenvalue weighted by Crippen LogP contribution is -2.55. The van der Waals surface area contributed by atoms with Gasteiger partial charge in [0.2, 0.25) is 11.8 Å². The molecular formula is C24H39N3O5. The maximum atomic E-state index is 13.5. The van der Waals surface area contributed by atoms with Gasteiger partial charge in [0.1, 0.15) is 23.4 Å². The molecule has 3 unspecified atom stereocenters. The van der Waals surface area contributed by atoms with E-state index in [4.69, 9.17) is 4.74 Å². The molecule has 0 saturated carbocycles. The van der Waals surface area contributed by atoms with Crippen LogP contribution in [-0.2, 0) is 14.3 Å². The topological polar surface area (TPSA) is 108 Å². The number of hydrogen-bond donors (Lipinski definition) is 3. The molecular weight excluding hydrogens is 410 g/mol. The summed E-state index contributed by atoms with van der Waals surface area (Å²) in [7, 11) is 0. The quantitative estimate of drug-likeness (QED) is 0.559. The number of phenols is 1. The Morgan fingerprint density at radius 3 is 2.19 bits per heavy atom. The predicted octanol–water partition coefficient (Wildman–Crippen LogP) is 3.81. The highest BCUT2D eigenvalue weighted by Crippen LogP contribution is 2.34.